The Labute approximate surface area is 190 Å². The molecule has 2 amide bonds. The minimum atomic E-state index is -0.525. The van der Waals surface area contributed by atoms with Gasteiger partial charge in [0.15, 0.2) is 6.61 Å². The number of nitrogens with zero attached hydrogens (tertiary/aromatic N) is 2. The van der Waals surface area contributed by atoms with Crippen LogP contribution in [0.25, 0.3) is 0 Å². The number of likely N-dealkylation sites (tertiary alicyclic amines) is 1. The molecule has 1 heterocycles. The largest absolute Gasteiger partial charge is 0.455 e. The van der Waals surface area contributed by atoms with Crippen molar-refractivity contribution in [1.82, 2.24) is 9.80 Å². The van der Waals surface area contributed by atoms with Gasteiger partial charge in [-0.15, -0.1) is 0 Å². The molecule has 32 heavy (non-hydrogen) atoms. The van der Waals surface area contributed by atoms with Crippen LogP contribution in [0.5, 0.6) is 0 Å². The van der Waals surface area contributed by atoms with Crippen molar-refractivity contribution in [2.45, 2.75) is 45.7 Å². The highest BCUT2D eigenvalue weighted by Gasteiger charge is 2.36. The van der Waals surface area contributed by atoms with Crippen LogP contribution in [0.15, 0.2) is 60.7 Å². The van der Waals surface area contributed by atoms with E-state index >= 15 is 0 Å². The summed E-state index contributed by atoms with van der Waals surface area (Å²) in [5, 5.41) is 0. The fraction of sp³-hybridized carbons (Fsp3) is 0.423. The lowest BCUT2D eigenvalue weighted by atomic mass is 10.0. The van der Waals surface area contributed by atoms with Crippen LogP contribution in [0.2, 0.25) is 0 Å². The van der Waals surface area contributed by atoms with Gasteiger partial charge in [0, 0.05) is 31.6 Å². The molecular formula is C26H32N2O4. The number of benzene rings is 2. The van der Waals surface area contributed by atoms with Crippen LogP contribution in [0.1, 0.15) is 38.3 Å². The zero-order valence-electron chi connectivity index (χ0n) is 19.1. The van der Waals surface area contributed by atoms with E-state index in [1.54, 1.807) is 9.80 Å². The van der Waals surface area contributed by atoms with E-state index in [2.05, 4.69) is 0 Å². The van der Waals surface area contributed by atoms with E-state index in [1.807, 2.05) is 81.4 Å². The monoisotopic (exact) mass is 436 g/mol. The van der Waals surface area contributed by atoms with E-state index < -0.39 is 17.4 Å². The number of hydrogen-bond acceptors (Lipinski definition) is 4. The number of carbonyl (C=O) groups is 3. The summed E-state index contributed by atoms with van der Waals surface area (Å²) in [5.41, 5.74) is 1.74. The number of amides is 2. The van der Waals surface area contributed by atoms with Gasteiger partial charge in [0.25, 0.3) is 5.91 Å². The Morgan fingerprint density at radius 2 is 1.59 bits per heavy atom. The predicted octanol–water partition coefficient (Wildman–Crippen LogP) is 3.45. The quantitative estimate of drug-likeness (QED) is 0.595. The first-order valence-electron chi connectivity index (χ1n) is 11.1. The summed E-state index contributed by atoms with van der Waals surface area (Å²) in [4.78, 5) is 41.2. The van der Waals surface area contributed by atoms with Gasteiger partial charge in [-0.25, -0.2) is 0 Å². The van der Waals surface area contributed by atoms with E-state index in [0.29, 0.717) is 19.6 Å². The molecule has 0 aromatic heterocycles. The molecule has 0 bridgehead atoms. The molecule has 1 aliphatic heterocycles. The SMILES string of the molecule is CC(C)(C)N(Cc1ccccc1)C(=O)COC(=O)C1CC(=O)N(CCc2ccccc2)C1. The van der Waals surface area contributed by atoms with Gasteiger partial charge >= 0.3 is 5.97 Å². The molecule has 2 aromatic carbocycles. The Morgan fingerprint density at radius 1 is 1.00 bits per heavy atom. The van der Waals surface area contributed by atoms with Gasteiger partial charge in [0.1, 0.15) is 0 Å². The average molecular weight is 437 g/mol. The molecule has 2 aromatic rings. The molecule has 6 nitrogen and oxygen atoms in total. The molecular weight excluding hydrogens is 404 g/mol. The summed E-state index contributed by atoms with van der Waals surface area (Å²) >= 11 is 0. The predicted molar refractivity (Wildman–Crippen MR) is 123 cm³/mol. The molecule has 0 saturated carbocycles. The Bertz CT molecular complexity index is 922. The fourth-order valence-corrected chi connectivity index (χ4v) is 3.85. The Hall–Kier alpha value is -3.15. The molecule has 1 saturated heterocycles. The highest BCUT2D eigenvalue weighted by molar-refractivity contribution is 5.88. The highest BCUT2D eigenvalue weighted by atomic mass is 16.5. The molecule has 3 rings (SSSR count). The molecule has 1 unspecified atom stereocenters. The second-order valence-corrected chi connectivity index (χ2v) is 9.22. The van der Waals surface area contributed by atoms with Crippen molar-refractivity contribution in [3.05, 3.63) is 71.8 Å². The van der Waals surface area contributed by atoms with Crippen LogP contribution < -0.4 is 0 Å². The molecule has 0 N–H and O–H groups in total. The molecule has 0 aliphatic carbocycles. The fourth-order valence-electron chi connectivity index (χ4n) is 3.85. The lowest BCUT2D eigenvalue weighted by molar-refractivity contribution is -0.157. The van der Waals surface area contributed by atoms with Gasteiger partial charge < -0.3 is 14.5 Å². The van der Waals surface area contributed by atoms with Gasteiger partial charge in [0.2, 0.25) is 5.91 Å². The minimum Gasteiger partial charge on any atom is -0.455 e. The zero-order valence-corrected chi connectivity index (χ0v) is 19.1. The van der Waals surface area contributed by atoms with E-state index in [-0.39, 0.29) is 24.8 Å². The normalized spacial score (nSPS) is 16.2. The first-order valence-corrected chi connectivity index (χ1v) is 11.1. The van der Waals surface area contributed by atoms with Gasteiger partial charge in [-0.2, -0.15) is 0 Å². The van der Waals surface area contributed by atoms with Gasteiger partial charge in [0.05, 0.1) is 5.92 Å². The summed E-state index contributed by atoms with van der Waals surface area (Å²) in [6.07, 6.45) is 0.877. The summed E-state index contributed by atoms with van der Waals surface area (Å²) in [7, 11) is 0. The van der Waals surface area contributed by atoms with Crippen molar-refractivity contribution in [1.29, 1.82) is 0 Å². The third kappa shape index (κ3) is 6.42. The van der Waals surface area contributed by atoms with Crippen LogP contribution in [0.4, 0.5) is 0 Å². The summed E-state index contributed by atoms with van der Waals surface area (Å²) in [5.74, 6) is -1.31. The Morgan fingerprint density at radius 3 is 2.19 bits per heavy atom. The summed E-state index contributed by atoms with van der Waals surface area (Å²) in [6.45, 7) is 6.89. The molecule has 6 heteroatoms. The topological polar surface area (TPSA) is 66.9 Å². The molecule has 0 spiro atoms. The average Bonchev–Trinajstić information content (AvgIpc) is 3.15. The van der Waals surface area contributed by atoms with Crippen LogP contribution in [0, 0.1) is 5.92 Å². The first-order chi connectivity index (χ1) is 15.2. The minimum absolute atomic E-state index is 0.0467. The van der Waals surface area contributed by atoms with E-state index in [0.717, 1.165) is 17.5 Å². The third-order valence-corrected chi connectivity index (χ3v) is 5.69. The van der Waals surface area contributed by atoms with Crippen molar-refractivity contribution in [2.24, 2.45) is 5.92 Å². The summed E-state index contributed by atoms with van der Waals surface area (Å²) < 4.78 is 5.35. The Balaban J connectivity index is 1.51. The smallest absolute Gasteiger partial charge is 0.311 e. The molecule has 1 aliphatic rings. The third-order valence-electron chi connectivity index (χ3n) is 5.69. The van der Waals surface area contributed by atoms with Gasteiger partial charge in [-0.1, -0.05) is 60.7 Å². The van der Waals surface area contributed by atoms with E-state index in [9.17, 15) is 14.4 Å². The molecule has 1 atom stereocenters. The standard InChI is InChI=1S/C26H32N2O4/c1-26(2,3)28(17-21-12-8-5-9-13-21)24(30)19-32-25(31)22-16-23(29)27(18-22)15-14-20-10-6-4-7-11-20/h4-13,22H,14-19H2,1-3H3. The lowest BCUT2D eigenvalue weighted by Crippen LogP contribution is -2.47. The Kier molecular flexibility index (Phi) is 7.67. The molecule has 0 radical (unpaired) electrons. The van der Waals surface area contributed by atoms with Crippen LogP contribution >= 0.6 is 0 Å². The van der Waals surface area contributed by atoms with Crippen molar-refractivity contribution in [3.63, 3.8) is 0 Å². The van der Waals surface area contributed by atoms with Crippen molar-refractivity contribution >= 4 is 17.8 Å². The van der Waals surface area contributed by atoms with E-state index in [1.165, 1.54) is 0 Å². The van der Waals surface area contributed by atoms with Crippen LogP contribution in [0.3, 0.4) is 0 Å². The lowest BCUT2D eigenvalue weighted by Gasteiger charge is -2.35. The second-order valence-electron chi connectivity index (χ2n) is 9.22. The maximum Gasteiger partial charge on any atom is 0.311 e. The molecule has 1 fully saturated rings. The second kappa shape index (κ2) is 10.4. The van der Waals surface area contributed by atoms with Crippen LogP contribution in [-0.4, -0.2) is 52.8 Å². The van der Waals surface area contributed by atoms with Crippen molar-refractivity contribution < 1.29 is 19.1 Å². The van der Waals surface area contributed by atoms with Gasteiger partial charge in [-0.05, 0) is 38.3 Å². The number of rotatable bonds is 8. The number of carbonyl (C=O) groups excluding carboxylic acids is 3. The van der Waals surface area contributed by atoms with Crippen molar-refractivity contribution in [2.75, 3.05) is 19.7 Å². The first kappa shape index (κ1) is 23.5. The van der Waals surface area contributed by atoms with E-state index in [4.69, 9.17) is 4.74 Å². The van der Waals surface area contributed by atoms with Crippen molar-refractivity contribution in [3.8, 4) is 0 Å². The molecule has 170 valence electrons. The maximum atomic E-state index is 12.9. The summed E-state index contributed by atoms with van der Waals surface area (Å²) in [6, 6.07) is 19.7. The number of ether oxygens (including phenoxy) is 1. The number of esters is 1. The highest BCUT2D eigenvalue weighted by Crippen LogP contribution is 2.21. The van der Waals surface area contributed by atoms with Gasteiger partial charge in [-0.3, -0.25) is 14.4 Å². The van der Waals surface area contributed by atoms with Crippen LogP contribution in [-0.2, 0) is 32.1 Å². The maximum absolute atomic E-state index is 12.9. The number of hydrogen-bond donors (Lipinski definition) is 0. The zero-order chi connectivity index (χ0) is 23.1.